The molecule has 0 saturated carbocycles. The molecule has 242 valence electrons. The molecule has 3 fully saturated rings. The van der Waals surface area contributed by atoms with Gasteiger partial charge in [-0.25, -0.2) is 13.4 Å². The Hall–Kier alpha value is -3.93. The summed E-state index contributed by atoms with van der Waals surface area (Å²) in [5.41, 5.74) is 3.61. The number of hydrogen-bond donors (Lipinski definition) is 2. The molecule has 1 atom stereocenters. The van der Waals surface area contributed by atoms with E-state index in [1.54, 1.807) is 31.4 Å². The summed E-state index contributed by atoms with van der Waals surface area (Å²) >= 11 is 0. The van der Waals surface area contributed by atoms with Gasteiger partial charge in [-0.3, -0.25) is 4.90 Å². The lowest BCUT2D eigenvalue weighted by Gasteiger charge is -2.38. The monoisotopic (exact) mass is 641 g/mol. The van der Waals surface area contributed by atoms with Gasteiger partial charge in [-0.1, -0.05) is 24.3 Å². The van der Waals surface area contributed by atoms with Gasteiger partial charge in [0.2, 0.25) is 5.95 Å². The normalized spacial score (nSPS) is 21.3. The van der Waals surface area contributed by atoms with Crippen LogP contribution >= 0.6 is 0 Å². The standard InChI is InChI=1S/C35H43N7O3S/c1-40-20-16-35(23-40)17-21-42(24-35)25-14-18-41(19-15-25)26-12-13-29(31(22-26)45-2)38-34-37-28-9-5-4-8-27(28)33(39-34)36-30-10-6-7-11-32(30)46(3,43)44/h4-13,22,25H,14-21,23-24H2,1-3H3,(H2,36,37,38,39). The number of nitrogens with one attached hydrogen (secondary N) is 2. The Labute approximate surface area is 271 Å². The molecule has 2 N–H and O–H groups in total. The van der Waals surface area contributed by atoms with Gasteiger partial charge >= 0.3 is 0 Å². The first kappa shape index (κ1) is 30.7. The topological polar surface area (TPSA) is 103 Å². The molecule has 3 aliphatic heterocycles. The Bertz CT molecular complexity index is 1840. The molecular formula is C35H43N7O3S. The predicted octanol–water partition coefficient (Wildman–Crippen LogP) is 5.53. The molecule has 11 heteroatoms. The third-order valence-corrected chi connectivity index (χ3v) is 11.2. The minimum atomic E-state index is -3.45. The highest BCUT2D eigenvalue weighted by molar-refractivity contribution is 7.90. The number of methoxy groups -OCH3 is 1. The maximum absolute atomic E-state index is 12.5. The highest BCUT2D eigenvalue weighted by Gasteiger charge is 2.44. The van der Waals surface area contributed by atoms with E-state index in [1.807, 2.05) is 30.3 Å². The van der Waals surface area contributed by atoms with Crippen molar-refractivity contribution in [2.24, 2.45) is 5.41 Å². The third kappa shape index (κ3) is 6.23. The Morgan fingerprint density at radius 1 is 0.870 bits per heavy atom. The molecule has 3 aliphatic rings. The van der Waals surface area contributed by atoms with Gasteiger partial charge in [0.05, 0.1) is 28.9 Å². The van der Waals surface area contributed by atoms with Crippen LogP contribution in [0.3, 0.4) is 0 Å². The first-order valence-corrected chi connectivity index (χ1v) is 18.0. The zero-order valence-corrected chi connectivity index (χ0v) is 27.7. The second-order valence-electron chi connectivity index (χ2n) is 13.2. The Morgan fingerprint density at radius 3 is 2.39 bits per heavy atom. The lowest BCUT2D eigenvalue weighted by molar-refractivity contribution is 0.178. The Kier molecular flexibility index (Phi) is 8.25. The number of hydrogen-bond acceptors (Lipinski definition) is 10. The number of likely N-dealkylation sites (tertiary alicyclic amines) is 2. The van der Waals surface area contributed by atoms with Crippen molar-refractivity contribution in [1.82, 2.24) is 19.8 Å². The van der Waals surface area contributed by atoms with Crippen LogP contribution in [0.2, 0.25) is 0 Å². The van der Waals surface area contributed by atoms with Crippen LogP contribution in [-0.4, -0.2) is 93.9 Å². The zero-order chi connectivity index (χ0) is 31.9. The van der Waals surface area contributed by atoms with E-state index in [0.29, 0.717) is 34.7 Å². The number of sulfone groups is 1. The van der Waals surface area contributed by atoms with Crippen LogP contribution in [0.4, 0.5) is 28.8 Å². The van der Waals surface area contributed by atoms with Gasteiger partial charge in [0.1, 0.15) is 11.6 Å². The van der Waals surface area contributed by atoms with E-state index in [2.05, 4.69) is 44.5 Å². The van der Waals surface area contributed by atoms with Crippen LogP contribution in [-0.2, 0) is 9.84 Å². The number of piperidine rings is 1. The maximum atomic E-state index is 12.5. The molecule has 4 aromatic rings. The summed E-state index contributed by atoms with van der Waals surface area (Å²) in [7, 11) is 0.491. The zero-order valence-electron chi connectivity index (χ0n) is 26.9. The second-order valence-corrected chi connectivity index (χ2v) is 15.2. The summed E-state index contributed by atoms with van der Waals surface area (Å²) in [4.78, 5) is 17.5. The minimum Gasteiger partial charge on any atom is -0.494 e. The van der Waals surface area contributed by atoms with Crippen molar-refractivity contribution in [3.05, 3.63) is 66.7 Å². The summed E-state index contributed by atoms with van der Waals surface area (Å²) in [5, 5.41) is 7.39. The lowest BCUT2D eigenvalue weighted by Crippen LogP contribution is -2.45. The number of benzene rings is 3. The molecule has 4 heterocycles. The van der Waals surface area contributed by atoms with Crippen LogP contribution in [0.1, 0.15) is 25.7 Å². The SMILES string of the molecule is COc1cc(N2CCC(N3CCC4(CCN(C)C4)C3)CC2)ccc1Nc1nc(Nc2ccccc2S(C)(=O)=O)c2ccccc2n1. The average molecular weight is 642 g/mol. The molecule has 46 heavy (non-hydrogen) atoms. The summed E-state index contributed by atoms with van der Waals surface area (Å²) in [5.74, 6) is 1.59. The van der Waals surface area contributed by atoms with Crippen LogP contribution < -0.4 is 20.3 Å². The molecule has 10 nitrogen and oxygen atoms in total. The van der Waals surface area contributed by atoms with Crippen LogP contribution in [0.25, 0.3) is 10.9 Å². The number of para-hydroxylation sites is 2. The van der Waals surface area contributed by atoms with Gasteiger partial charge in [0.15, 0.2) is 9.84 Å². The fourth-order valence-corrected chi connectivity index (χ4v) is 8.46. The highest BCUT2D eigenvalue weighted by atomic mass is 32.2. The van der Waals surface area contributed by atoms with E-state index in [0.717, 1.165) is 35.4 Å². The molecule has 0 aliphatic carbocycles. The Morgan fingerprint density at radius 2 is 1.63 bits per heavy atom. The second kappa shape index (κ2) is 12.4. The molecule has 0 bridgehead atoms. The van der Waals surface area contributed by atoms with Gasteiger partial charge < -0.3 is 25.2 Å². The molecule has 3 aromatic carbocycles. The summed E-state index contributed by atoms with van der Waals surface area (Å²) in [6.45, 7) is 7.05. The number of ether oxygens (including phenoxy) is 1. The number of rotatable bonds is 8. The molecule has 1 spiro atoms. The molecule has 1 aromatic heterocycles. The average Bonchev–Trinajstić information content (AvgIpc) is 3.65. The fourth-order valence-electron chi connectivity index (χ4n) is 7.61. The largest absolute Gasteiger partial charge is 0.494 e. The van der Waals surface area contributed by atoms with Gasteiger partial charge in [-0.05, 0) is 87.6 Å². The van der Waals surface area contributed by atoms with Crippen molar-refractivity contribution >= 4 is 49.6 Å². The number of aromatic nitrogens is 2. The van der Waals surface area contributed by atoms with E-state index in [-0.39, 0.29) is 4.90 Å². The van der Waals surface area contributed by atoms with Gasteiger partial charge in [0.25, 0.3) is 0 Å². The maximum Gasteiger partial charge on any atom is 0.229 e. The van der Waals surface area contributed by atoms with Crippen molar-refractivity contribution in [1.29, 1.82) is 0 Å². The van der Waals surface area contributed by atoms with Crippen molar-refractivity contribution in [3.63, 3.8) is 0 Å². The van der Waals surface area contributed by atoms with E-state index in [9.17, 15) is 8.42 Å². The quantitative estimate of drug-likeness (QED) is 0.256. The molecule has 3 saturated heterocycles. The van der Waals surface area contributed by atoms with E-state index < -0.39 is 9.84 Å². The van der Waals surface area contributed by atoms with Crippen LogP contribution in [0.15, 0.2) is 71.6 Å². The predicted molar refractivity (Wildman–Crippen MR) is 185 cm³/mol. The highest BCUT2D eigenvalue weighted by Crippen LogP contribution is 2.41. The summed E-state index contributed by atoms with van der Waals surface area (Å²) in [6.07, 6.45) is 6.25. The van der Waals surface area contributed by atoms with E-state index in [1.165, 1.54) is 58.1 Å². The van der Waals surface area contributed by atoms with Gasteiger partial charge in [-0.2, -0.15) is 4.98 Å². The molecule has 7 rings (SSSR count). The van der Waals surface area contributed by atoms with E-state index >= 15 is 0 Å². The smallest absolute Gasteiger partial charge is 0.229 e. The van der Waals surface area contributed by atoms with Crippen molar-refractivity contribution in [3.8, 4) is 5.75 Å². The lowest BCUT2D eigenvalue weighted by atomic mass is 9.86. The molecular weight excluding hydrogens is 598 g/mol. The van der Waals surface area contributed by atoms with Crippen molar-refractivity contribution < 1.29 is 13.2 Å². The summed E-state index contributed by atoms with van der Waals surface area (Å²) < 4.78 is 30.8. The van der Waals surface area contributed by atoms with Crippen molar-refractivity contribution in [2.75, 3.05) is 75.2 Å². The van der Waals surface area contributed by atoms with Gasteiger partial charge in [-0.15, -0.1) is 0 Å². The Balaban J connectivity index is 1.07. The van der Waals surface area contributed by atoms with Crippen LogP contribution in [0, 0.1) is 5.41 Å². The number of anilines is 5. The third-order valence-electron chi connectivity index (χ3n) is 10.0. The van der Waals surface area contributed by atoms with Crippen LogP contribution in [0.5, 0.6) is 5.75 Å². The molecule has 0 radical (unpaired) electrons. The minimum absolute atomic E-state index is 0.208. The van der Waals surface area contributed by atoms with E-state index in [4.69, 9.17) is 14.7 Å². The molecule has 0 amide bonds. The fraction of sp³-hybridized carbons (Fsp3) is 0.429. The summed E-state index contributed by atoms with van der Waals surface area (Å²) in [6, 6.07) is 21.4. The first-order chi connectivity index (χ1) is 22.2. The molecule has 1 unspecified atom stereocenters. The van der Waals surface area contributed by atoms with Gasteiger partial charge in [0, 0.05) is 55.6 Å². The number of nitrogens with zero attached hydrogens (tertiary/aromatic N) is 5. The first-order valence-electron chi connectivity index (χ1n) is 16.2. The van der Waals surface area contributed by atoms with Crippen molar-refractivity contribution in [2.45, 2.75) is 36.6 Å². The number of fused-ring (bicyclic) bond motifs is 1.